The Morgan fingerprint density at radius 3 is 1.24 bits per heavy atom. The number of H-pyrrole nitrogens is 1. The minimum atomic E-state index is -1.96. The molecule has 510 valence electrons. The zero-order chi connectivity index (χ0) is 67.1. The number of unbranched alkanes of at least 4 members (excludes halogenated alkanes) is 13. The summed E-state index contributed by atoms with van der Waals surface area (Å²) in [6, 6.07) is -11.3. The van der Waals surface area contributed by atoms with Gasteiger partial charge in [-0.1, -0.05) is 70.6 Å². The summed E-state index contributed by atoms with van der Waals surface area (Å²) in [5.41, 5.74) is 6.07. The summed E-state index contributed by atoms with van der Waals surface area (Å²) in [4.78, 5) is 169. The summed E-state index contributed by atoms with van der Waals surface area (Å²) in [5.74, 6) is -13.3. The fraction of sp³-hybridized carbons (Fsp3) is 0.719. The van der Waals surface area contributed by atoms with Gasteiger partial charge in [-0.2, -0.15) is 0 Å². The van der Waals surface area contributed by atoms with Crippen LogP contribution in [-0.2, 0) is 78.2 Å². The molecule has 0 aliphatic rings. The normalized spacial score (nSPS) is 13.4. The first-order chi connectivity index (χ1) is 43.0. The number of aromatic amines is 1. The second kappa shape index (κ2) is 49.0. The average molecular weight is 1290 g/mol. The lowest BCUT2D eigenvalue weighted by atomic mass is 10.0. The number of amides is 9. The van der Waals surface area contributed by atoms with Gasteiger partial charge in [0.2, 0.25) is 53.2 Å². The van der Waals surface area contributed by atoms with E-state index in [2.05, 4.69) is 57.8 Å². The van der Waals surface area contributed by atoms with E-state index in [4.69, 9.17) is 20.3 Å². The van der Waals surface area contributed by atoms with Gasteiger partial charge in [-0.15, -0.1) is 0 Å². The second-order valence-corrected chi connectivity index (χ2v) is 21.4. The molecule has 1 heterocycles. The SMILES string of the molecule is CN[C@@H](Cc1cnc[nH]1)C(=O)N[C@@H](CCC(=O)O)C(=O)N[C@@H](CCC(=O)O)C(=O)N[C@@H](CO)C(=O)N[C@@H](CO)C(=O)N[C@@H](CCC(=O)O)C(=O)N[C@@H](CCCCNC(=O)COCCOCCNC(=O)CCCCCCCCCCCCCCCC(=O)O)C(N)=O. The predicted octanol–water partition coefficient (Wildman–Crippen LogP) is -2.11. The minimum Gasteiger partial charge on any atom is -0.481 e. The van der Waals surface area contributed by atoms with Crippen molar-refractivity contribution in [2.45, 2.75) is 203 Å². The third-order valence-electron chi connectivity index (χ3n) is 14.0. The maximum Gasteiger partial charge on any atom is 0.303 e. The van der Waals surface area contributed by atoms with E-state index in [9.17, 15) is 87.9 Å². The Labute approximate surface area is 522 Å². The lowest BCUT2D eigenvalue weighted by molar-refractivity contribution is -0.140. The zero-order valence-corrected chi connectivity index (χ0v) is 51.4. The first-order valence-electron chi connectivity index (χ1n) is 30.5. The Kier molecular flexibility index (Phi) is 43.6. The Morgan fingerprint density at radius 2 is 0.833 bits per heavy atom. The molecule has 0 bridgehead atoms. The highest BCUT2D eigenvalue weighted by Gasteiger charge is 2.34. The number of aliphatic carboxylic acids is 4. The number of nitrogens with one attached hydrogen (secondary N) is 10. The van der Waals surface area contributed by atoms with Gasteiger partial charge in [0.25, 0.3) is 0 Å². The Hall–Kier alpha value is -7.88. The summed E-state index contributed by atoms with van der Waals surface area (Å²) in [6.45, 7) is -1.64. The number of imidazole rings is 1. The van der Waals surface area contributed by atoms with Crippen LogP contribution in [0.3, 0.4) is 0 Å². The number of carbonyl (C=O) groups excluding carboxylic acids is 9. The number of aromatic nitrogens is 2. The number of nitrogens with two attached hydrogens (primary N) is 1. The molecule has 33 nitrogen and oxygen atoms in total. The van der Waals surface area contributed by atoms with Gasteiger partial charge in [-0.05, 0) is 58.4 Å². The van der Waals surface area contributed by atoms with Gasteiger partial charge in [-0.25, -0.2) is 4.98 Å². The molecule has 0 aromatic carbocycles. The molecule has 0 saturated carbocycles. The number of carboxylic acid groups (broad SMARTS) is 4. The van der Waals surface area contributed by atoms with Crippen molar-refractivity contribution in [3.05, 3.63) is 18.2 Å². The maximum atomic E-state index is 13.6. The molecule has 33 heteroatoms. The number of carboxylic acids is 4. The molecule has 0 radical (unpaired) electrons. The van der Waals surface area contributed by atoms with Crippen molar-refractivity contribution in [1.29, 1.82) is 0 Å². The summed E-state index contributed by atoms with van der Waals surface area (Å²) in [6.07, 6.45) is 14.3. The Morgan fingerprint density at radius 1 is 0.444 bits per heavy atom. The smallest absolute Gasteiger partial charge is 0.303 e. The number of hydrogen-bond donors (Lipinski definition) is 17. The molecule has 1 rings (SSSR count). The van der Waals surface area contributed by atoms with Crippen LogP contribution in [0.1, 0.15) is 160 Å². The molecule has 7 atom stereocenters. The molecule has 1 aromatic rings. The molecule has 1 aromatic heterocycles. The van der Waals surface area contributed by atoms with E-state index in [0.29, 0.717) is 25.1 Å². The number of nitrogens with zero attached hydrogens (tertiary/aromatic N) is 1. The van der Waals surface area contributed by atoms with Crippen LogP contribution in [-0.4, -0.2) is 220 Å². The van der Waals surface area contributed by atoms with Crippen LogP contribution in [0, 0.1) is 0 Å². The fourth-order valence-electron chi connectivity index (χ4n) is 8.85. The highest BCUT2D eigenvalue weighted by molar-refractivity contribution is 5.97. The number of aliphatic hydroxyl groups excluding tert-OH is 2. The van der Waals surface area contributed by atoms with Crippen LogP contribution >= 0.6 is 0 Å². The van der Waals surface area contributed by atoms with Gasteiger partial charge in [0.1, 0.15) is 42.9 Å². The first kappa shape index (κ1) is 80.1. The third-order valence-corrected chi connectivity index (χ3v) is 14.0. The molecule has 0 aliphatic heterocycles. The summed E-state index contributed by atoms with van der Waals surface area (Å²) in [7, 11) is 1.45. The Balaban J connectivity index is 2.61. The highest BCUT2D eigenvalue weighted by atomic mass is 16.5. The van der Waals surface area contributed by atoms with Crippen LogP contribution in [0.5, 0.6) is 0 Å². The summed E-state index contributed by atoms with van der Waals surface area (Å²) < 4.78 is 10.8. The van der Waals surface area contributed by atoms with Crippen LogP contribution in [0.15, 0.2) is 12.5 Å². The van der Waals surface area contributed by atoms with Crippen molar-refractivity contribution in [3.8, 4) is 0 Å². The standard InChI is InChI=1S/C57H96N12O21/c1-59-42(31-37-32-60-36-63-37)55(86)66-40(21-24-49(78)79)53(84)65-41(22-25-50(80)81)54(85)68-44(34-71)57(88)69-43(33-70)56(87)67-39(20-23-48(76)77)52(83)64-38(51(58)82)17-15-16-26-61-46(73)35-90-30-29-89-28-27-62-45(72)18-13-11-9-7-5-3-2-4-6-8-10-12-14-19-47(74)75/h32,36,38-44,59,70-71H,2-31,33-35H2,1H3,(H2,58,82)(H,60,63)(H,61,73)(H,62,72)(H,64,83)(H,65,84)(H,66,86)(H,67,87)(H,68,85)(H,69,88)(H,74,75)(H,76,77)(H,78,79)(H,80,81)/t38-,39-,40-,41-,42-,43-,44-/m0/s1. The molecule has 9 amide bonds. The van der Waals surface area contributed by atoms with Gasteiger partial charge in [-0.3, -0.25) is 62.3 Å². The number of carbonyl (C=O) groups is 13. The van der Waals surface area contributed by atoms with E-state index in [1.807, 2.05) is 0 Å². The quantitative estimate of drug-likeness (QED) is 0.0310. The first-order valence-corrected chi connectivity index (χ1v) is 30.5. The summed E-state index contributed by atoms with van der Waals surface area (Å²) >= 11 is 0. The Bertz CT molecular complexity index is 2370. The topological polar surface area (TPSA) is 525 Å². The van der Waals surface area contributed by atoms with E-state index in [1.165, 1.54) is 51.7 Å². The lowest BCUT2D eigenvalue weighted by Gasteiger charge is -2.26. The van der Waals surface area contributed by atoms with E-state index >= 15 is 0 Å². The van der Waals surface area contributed by atoms with Crippen molar-refractivity contribution in [2.75, 3.05) is 59.8 Å². The molecule has 0 fully saturated rings. The fourth-order valence-corrected chi connectivity index (χ4v) is 8.85. The molecular weight excluding hydrogens is 1190 g/mol. The largest absolute Gasteiger partial charge is 0.481 e. The monoisotopic (exact) mass is 1280 g/mol. The van der Waals surface area contributed by atoms with E-state index in [-0.39, 0.29) is 64.6 Å². The van der Waals surface area contributed by atoms with Gasteiger partial charge in [0.15, 0.2) is 0 Å². The van der Waals surface area contributed by atoms with Gasteiger partial charge in [0, 0.05) is 63.5 Å². The second-order valence-electron chi connectivity index (χ2n) is 21.4. The van der Waals surface area contributed by atoms with E-state index in [1.54, 1.807) is 0 Å². The molecule has 0 aliphatic carbocycles. The van der Waals surface area contributed by atoms with Gasteiger partial charge >= 0.3 is 23.9 Å². The molecule has 18 N–H and O–H groups in total. The molecular formula is C57H96N12O21. The van der Waals surface area contributed by atoms with Crippen LogP contribution < -0.4 is 53.6 Å². The van der Waals surface area contributed by atoms with Crippen molar-refractivity contribution in [1.82, 2.24) is 57.8 Å². The van der Waals surface area contributed by atoms with Crippen LogP contribution in [0.4, 0.5) is 0 Å². The number of rotatable bonds is 56. The van der Waals surface area contributed by atoms with E-state index in [0.717, 1.165) is 51.4 Å². The molecule has 0 saturated heterocycles. The number of hydrogen-bond acceptors (Lipinski definition) is 19. The van der Waals surface area contributed by atoms with E-state index < -0.39 is 165 Å². The van der Waals surface area contributed by atoms with Gasteiger partial charge < -0.3 is 98.7 Å². The average Bonchev–Trinajstić information content (AvgIpc) is 1.64. The predicted molar refractivity (Wildman–Crippen MR) is 319 cm³/mol. The lowest BCUT2D eigenvalue weighted by Crippen LogP contribution is -2.61. The zero-order valence-electron chi connectivity index (χ0n) is 51.4. The maximum absolute atomic E-state index is 13.6. The van der Waals surface area contributed by atoms with Crippen LogP contribution in [0.25, 0.3) is 0 Å². The number of primary amides is 1. The number of likely N-dealkylation sites (N-methyl/N-ethyl adjacent to an activating group) is 1. The highest BCUT2D eigenvalue weighted by Crippen LogP contribution is 2.14. The van der Waals surface area contributed by atoms with Crippen molar-refractivity contribution < 1.29 is 102 Å². The minimum absolute atomic E-state index is 0.0475. The molecule has 90 heavy (non-hydrogen) atoms. The molecule has 0 spiro atoms. The number of aliphatic hydroxyl groups is 2. The van der Waals surface area contributed by atoms with Crippen molar-refractivity contribution in [3.63, 3.8) is 0 Å². The summed E-state index contributed by atoms with van der Waals surface area (Å²) in [5, 5.41) is 78.6. The van der Waals surface area contributed by atoms with Crippen molar-refractivity contribution >= 4 is 77.0 Å². The number of ether oxygens (including phenoxy) is 2. The molecule has 0 unspecified atom stereocenters. The van der Waals surface area contributed by atoms with Gasteiger partial charge in [0.05, 0.1) is 45.4 Å². The van der Waals surface area contributed by atoms with Crippen molar-refractivity contribution in [2.24, 2.45) is 5.73 Å². The third kappa shape index (κ3) is 39.2. The van der Waals surface area contributed by atoms with Crippen LogP contribution in [0.2, 0.25) is 0 Å².